The van der Waals surface area contributed by atoms with Crippen LogP contribution in [0.2, 0.25) is 0 Å². The molecule has 8 heteroatoms. The molecule has 0 aromatic heterocycles. The highest BCUT2D eigenvalue weighted by Gasteiger charge is 2.26. The molecule has 0 aliphatic rings. The summed E-state index contributed by atoms with van der Waals surface area (Å²) >= 11 is 0. The highest BCUT2D eigenvalue weighted by molar-refractivity contribution is 7.89. The van der Waals surface area contributed by atoms with Crippen molar-refractivity contribution in [1.29, 1.82) is 0 Å². The summed E-state index contributed by atoms with van der Waals surface area (Å²) in [5.74, 6) is 0.524. The number of methoxy groups -OCH3 is 1. The highest BCUT2D eigenvalue weighted by atomic mass is 32.2. The van der Waals surface area contributed by atoms with E-state index in [-0.39, 0.29) is 17.3 Å². The van der Waals surface area contributed by atoms with E-state index in [2.05, 4.69) is 9.88 Å². The van der Waals surface area contributed by atoms with Gasteiger partial charge in [0.05, 0.1) is 12.0 Å². The van der Waals surface area contributed by atoms with Gasteiger partial charge in [-0.05, 0) is 24.3 Å². The summed E-state index contributed by atoms with van der Waals surface area (Å²) in [6, 6.07) is 6.00. The summed E-state index contributed by atoms with van der Waals surface area (Å²) in [6.45, 7) is 3.34. The smallest absolute Gasteiger partial charge is 0.240 e. The van der Waals surface area contributed by atoms with Gasteiger partial charge in [0.25, 0.3) is 0 Å². The zero-order valence-corrected chi connectivity index (χ0v) is 12.4. The van der Waals surface area contributed by atoms with Crippen LogP contribution in [0.4, 0.5) is 0 Å². The molecular weight excluding hydrogens is 282 g/mol. The summed E-state index contributed by atoms with van der Waals surface area (Å²) in [5, 5.41) is 11.5. The van der Waals surface area contributed by atoms with E-state index in [0.29, 0.717) is 5.75 Å². The van der Waals surface area contributed by atoms with E-state index < -0.39 is 15.4 Å². The van der Waals surface area contributed by atoms with Gasteiger partial charge < -0.3 is 15.7 Å². The molecule has 0 bridgehead atoms. The molecule has 0 spiro atoms. The van der Waals surface area contributed by atoms with Gasteiger partial charge in [0.2, 0.25) is 10.0 Å². The zero-order chi connectivity index (χ0) is 15.4. The van der Waals surface area contributed by atoms with Crippen molar-refractivity contribution in [2.24, 2.45) is 16.3 Å². The Balaban J connectivity index is 2.85. The van der Waals surface area contributed by atoms with E-state index in [1.807, 2.05) is 0 Å². The molecule has 0 aliphatic heterocycles. The SMILES string of the molecule is COc1ccc(S(=O)(=O)NCC(C)(C)/C(N)=N/O)cc1. The minimum absolute atomic E-state index is 0.0112. The number of nitrogens with one attached hydrogen (secondary N) is 1. The molecule has 112 valence electrons. The Bertz CT molecular complexity index is 579. The van der Waals surface area contributed by atoms with Crippen molar-refractivity contribution in [2.45, 2.75) is 18.7 Å². The van der Waals surface area contributed by atoms with Crippen LogP contribution in [0.5, 0.6) is 5.75 Å². The van der Waals surface area contributed by atoms with Gasteiger partial charge in [-0.1, -0.05) is 19.0 Å². The maximum Gasteiger partial charge on any atom is 0.240 e. The van der Waals surface area contributed by atoms with Crippen molar-refractivity contribution in [3.8, 4) is 5.75 Å². The van der Waals surface area contributed by atoms with Crippen molar-refractivity contribution < 1.29 is 18.4 Å². The molecule has 1 aromatic rings. The Morgan fingerprint density at radius 1 is 1.40 bits per heavy atom. The van der Waals surface area contributed by atoms with Crippen LogP contribution in [0.15, 0.2) is 34.3 Å². The summed E-state index contributed by atoms with van der Waals surface area (Å²) in [6.07, 6.45) is 0. The number of rotatable bonds is 6. The molecule has 0 amide bonds. The summed E-state index contributed by atoms with van der Waals surface area (Å²) in [5.41, 5.74) is 4.71. The monoisotopic (exact) mass is 301 g/mol. The lowest BCUT2D eigenvalue weighted by atomic mass is 9.93. The Hall–Kier alpha value is -1.80. The Morgan fingerprint density at radius 2 is 1.95 bits per heavy atom. The third-order valence-electron chi connectivity index (χ3n) is 2.88. The summed E-state index contributed by atoms with van der Waals surface area (Å²) in [7, 11) is -2.16. The maximum atomic E-state index is 12.1. The van der Waals surface area contributed by atoms with Crippen molar-refractivity contribution in [3.63, 3.8) is 0 Å². The predicted octanol–water partition coefficient (Wildman–Crippen LogP) is 0.746. The van der Waals surface area contributed by atoms with Gasteiger partial charge in [0.1, 0.15) is 11.6 Å². The lowest BCUT2D eigenvalue weighted by Gasteiger charge is -2.23. The molecule has 1 rings (SSSR count). The van der Waals surface area contributed by atoms with Crippen LogP contribution < -0.4 is 15.2 Å². The third kappa shape index (κ3) is 3.84. The van der Waals surface area contributed by atoms with Gasteiger partial charge in [-0.25, -0.2) is 13.1 Å². The quantitative estimate of drug-likeness (QED) is 0.310. The average Bonchev–Trinajstić information content (AvgIpc) is 2.44. The van der Waals surface area contributed by atoms with Crippen molar-refractivity contribution in [1.82, 2.24) is 4.72 Å². The molecule has 1 aromatic carbocycles. The normalized spacial score (nSPS) is 13.2. The van der Waals surface area contributed by atoms with Gasteiger partial charge in [0.15, 0.2) is 0 Å². The predicted molar refractivity (Wildman–Crippen MR) is 75.4 cm³/mol. The van der Waals surface area contributed by atoms with Crippen LogP contribution in [-0.4, -0.2) is 33.1 Å². The molecule has 0 saturated carbocycles. The van der Waals surface area contributed by atoms with Crippen LogP contribution in [0.3, 0.4) is 0 Å². The van der Waals surface area contributed by atoms with E-state index in [0.717, 1.165) is 0 Å². The van der Waals surface area contributed by atoms with Crippen LogP contribution >= 0.6 is 0 Å². The van der Waals surface area contributed by atoms with Crippen LogP contribution in [0, 0.1) is 5.41 Å². The molecule has 0 heterocycles. The van der Waals surface area contributed by atoms with Gasteiger partial charge in [0, 0.05) is 12.0 Å². The van der Waals surface area contributed by atoms with E-state index in [9.17, 15) is 8.42 Å². The number of amidine groups is 1. The number of oxime groups is 1. The number of benzene rings is 1. The molecule has 0 saturated heterocycles. The number of sulfonamides is 1. The largest absolute Gasteiger partial charge is 0.497 e. The van der Waals surface area contributed by atoms with E-state index in [1.54, 1.807) is 26.0 Å². The van der Waals surface area contributed by atoms with E-state index in [4.69, 9.17) is 15.7 Å². The number of nitrogens with two attached hydrogens (primary N) is 1. The van der Waals surface area contributed by atoms with E-state index in [1.165, 1.54) is 19.2 Å². The molecule has 4 N–H and O–H groups in total. The first-order valence-electron chi connectivity index (χ1n) is 5.84. The second kappa shape index (κ2) is 6.10. The van der Waals surface area contributed by atoms with Crippen LogP contribution in [0.25, 0.3) is 0 Å². The summed E-state index contributed by atoms with van der Waals surface area (Å²) < 4.78 is 31.6. The summed E-state index contributed by atoms with van der Waals surface area (Å²) in [4.78, 5) is 0.119. The highest BCUT2D eigenvalue weighted by Crippen LogP contribution is 2.18. The molecule has 0 unspecified atom stereocenters. The molecular formula is C12H19N3O4S. The second-order valence-corrected chi connectivity index (χ2v) is 6.64. The Kier molecular flexibility index (Phi) is 4.96. The fourth-order valence-corrected chi connectivity index (χ4v) is 2.55. The first-order valence-corrected chi connectivity index (χ1v) is 7.33. The molecule has 0 aliphatic carbocycles. The standard InChI is InChI=1S/C12H19N3O4S/c1-12(2,11(13)15-16)8-14-20(17,18)10-6-4-9(19-3)5-7-10/h4-7,14,16H,8H2,1-3H3,(H2,13,15). The topological polar surface area (TPSA) is 114 Å². The van der Waals surface area contributed by atoms with Gasteiger partial charge in [-0.3, -0.25) is 0 Å². The van der Waals surface area contributed by atoms with Crippen molar-refractivity contribution >= 4 is 15.9 Å². The molecule has 0 radical (unpaired) electrons. The Labute approximate surface area is 118 Å². The third-order valence-corrected chi connectivity index (χ3v) is 4.29. The van der Waals surface area contributed by atoms with Crippen LogP contribution in [-0.2, 0) is 10.0 Å². The van der Waals surface area contributed by atoms with Crippen molar-refractivity contribution in [2.75, 3.05) is 13.7 Å². The molecule has 0 fully saturated rings. The van der Waals surface area contributed by atoms with Crippen molar-refractivity contribution in [3.05, 3.63) is 24.3 Å². The fraction of sp³-hybridized carbons (Fsp3) is 0.417. The Morgan fingerprint density at radius 3 is 2.40 bits per heavy atom. The number of nitrogens with zero attached hydrogens (tertiary/aromatic N) is 1. The maximum absolute atomic E-state index is 12.1. The first kappa shape index (κ1) is 16.3. The zero-order valence-electron chi connectivity index (χ0n) is 11.6. The lowest BCUT2D eigenvalue weighted by Crippen LogP contribution is -2.42. The van der Waals surface area contributed by atoms with Gasteiger partial charge in [-0.15, -0.1) is 0 Å². The second-order valence-electron chi connectivity index (χ2n) is 4.87. The fourth-order valence-electron chi connectivity index (χ4n) is 1.34. The van der Waals surface area contributed by atoms with Crippen LogP contribution in [0.1, 0.15) is 13.8 Å². The molecule has 20 heavy (non-hydrogen) atoms. The average molecular weight is 301 g/mol. The molecule has 7 nitrogen and oxygen atoms in total. The molecule has 0 atom stereocenters. The minimum Gasteiger partial charge on any atom is -0.497 e. The lowest BCUT2D eigenvalue weighted by molar-refractivity contribution is 0.307. The number of hydrogen-bond acceptors (Lipinski definition) is 5. The number of hydrogen-bond donors (Lipinski definition) is 3. The first-order chi connectivity index (χ1) is 9.23. The van der Waals surface area contributed by atoms with Gasteiger partial charge in [-0.2, -0.15) is 0 Å². The van der Waals surface area contributed by atoms with E-state index >= 15 is 0 Å². The minimum atomic E-state index is -3.66. The van der Waals surface area contributed by atoms with Gasteiger partial charge >= 0.3 is 0 Å². The number of ether oxygens (including phenoxy) is 1.